The van der Waals surface area contributed by atoms with E-state index in [1.807, 2.05) is 44.2 Å². The lowest BCUT2D eigenvalue weighted by Crippen LogP contribution is -2.19. The number of fused-ring (bicyclic) bond motifs is 1. The molecule has 170 valence electrons. The van der Waals surface area contributed by atoms with Gasteiger partial charge in [0, 0.05) is 7.11 Å². The van der Waals surface area contributed by atoms with Gasteiger partial charge in [-0.25, -0.2) is 8.42 Å². The molecule has 0 amide bonds. The molecule has 2 aromatic rings. The number of sulfone groups is 1. The number of methoxy groups -OCH3 is 1. The van der Waals surface area contributed by atoms with Crippen LogP contribution in [-0.4, -0.2) is 51.0 Å². The fraction of sp³-hybridized carbons (Fsp3) is 0.385. The van der Waals surface area contributed by atoms with Crippen LogP contribution < -0.4 is 0 Å². The Morgan fingerprint density at radius 1 is 1.19 bits per heavy atom. The zero-order chi connectivity index (χ0) is 22.9. The molecule has 2 aliphatic rings. The van der Waals surface area contributed by atoms with E-state index in [-0.39, 0.29) is 18.5 Å². The molecule has 5 nitrogen and oxygen atoms in total. The van der Waals surface area contributed by atoms with Gasteiger partial charge >= 0.3 is 0 Å². The van der Waals surface area contributed by atoms with Crippen LogP contribution in [0.4, 0.5) is 0 Å². The van der Waals surface area contributed by atoms with Gasteiger partial charge in [-0.2, -0.15) is 0 Å². The number of hydrogen-bond donors (Lipinski definition) is 1. The van der Waals surface area contributed by atoms with Crippen molar-refractivity contribution in [2.75, 3.05) is 26.1 Å². The topological polar surface area (TPSA) is 72.8 Å². The van der Waals surface area contributed by atoms with Crippen molar-refractivity contribution in [3.8, 4) is 5.75 Å². The molecule has 0 aromatic heterocycles. The van der Waals surface area contributed by atoms with Gasteiger partial charge in [0.15, 0.2) is 9.84 Å². The number of ether oxygens (including phenoxy) is 2. The number of allylic oxidation sites excluding steroid dienone is 1. The van der Waals surface area contributed by atoms with Crippen LogP contribution in [0.5, 0.6) is 5.75 Å². The molecule has 1 fully saturated rings. The van der Waals surface area contributed by atoms with Crippen LogP contribution in [0.1, 0.15) is 35.1 Å². The van der Waals surface area contributed by atoms with Gasteiger partial charge in [-0.15, -0.1) is 0 Å². The number of hydrogen-bond acceptors (Lipinski definition) is 5. The Hall–Kier alpha value is -2.41. The van der Waals surface area contributed by atoms with Gasteiger partial charge in [0.25, 0.3) is 0 Å². The highest BCUT2D eigenvalue weighted by atomic mass is 32.2. The first-order chi connectivity index (χ1) is 15.3. The van der Waals surface area contributed by atoms with Gasteiger partial charge in [0.2, 0.25) is 0 Å². The summed E-state index contributed by atoms with van der Waals surface area (Å²) in [4.78, 5) is 0. The van der Waals surface area contributed by atoms with E-state index in [0.29, 0.717) is 18.8 Å². The maximum atomic E-state index is 12.6. The largest absolute Gasteiger partial charge is 0.507 e. The van der Waals surface area contributed by atoms with Gasteiger partial charge in [-0.1, -0.05) is 36.4 Å². The molecule has 6 heteroatoms. The summed E-state index contributed by atoms with van der Waals surface area (Å²) in [6, 6.07) is 14.2. The minimum absolute atomic E-state index is 0.0775. The molecule has 0 unspecified atom stereocenters. The first-order valence-corrected chi connectivity index (χ1v) is 12.6. The number of aryl methyl sites for hydroxylation is 2. The van der Waals surface area contributed by atoms with Gasteiger partial charge < -0.3 is 14.6 Å². The Labute approximate surface area is 190 Å². The SMILES string of the molecule is COCC1=C2[C@@H](CC/C(=C/c3cc(C)c(O)c(C)c3)c3ccccc3)OC[C@@H]2S(=O)(=O)C1. The van der Waals surface area contributed by atoms with Crippen molar-refractivity contribution in [1.82, 2.24) is 0 Å². The molecular formula is C26H30O5S. The summed E-state index contributed by atoms with van der Waals surface area (Å²) >= 11 is 0. The number of aromatic hydroxyl groups is 1. The highest BCUT2D eigenvalue weighted by molar-refractivity contribution is 7.92. The summed E-state index contributed by atoms with van der Waals surface area (Å²) in [5, 5.41) is 9.60. The van der Waals surface area contributed by atoms with Crippen LogP contribution in [-0.2, 0) is 19.3 Å². The maximum Gasteiger partial charge on any atom is 0.163 e. The molecule has 2 heterocycles. The zero-order valence-electron chi connectivity index (χ0n) is 18.8. The molecule has 0 spiro atoms. The summed E-state index contributed by atoms with van der Waals surface area (Å²) in [7, 11) is -1.60. The van der Waals surface area contributed by atoms with Crippen LogP contribution >= 0.6 is 0 Å². The van der Waals surface area contributed by atoms with Crippen molar-refractivity contribution in [1.29, 1.82) is 0 Å². The van der Waals surface area contributed by atoms with Gasteiger partial charge in [0.05, 0.1) is 25.1 Å². The summed E-state index contributed by atoms with van der Waals surface area (Å²) in [6.45, 7) is 4.37. The van der Waals surface area contributed by atoms with Crippen molar-refractivity contribution in [3.05, 3.63) is 75.9 Å². The predicted octanol–water partition coefficient (Wildman–Crippen LogP) is 4.47. The highest BCUT2D eigenvalue weighted by Crippen LogP contribution is 2.39. The van der Waals surface area contributed by atoms with E-state index in [1.54, 1.807) is 7.11 Å². The Bertz CT molecular complexity index is 1140. The van der Waals surface area contributed by atoms with Gasteiger partial charge in [-0.05, 0) is 77.8 Å². The van der Waals surface area contributed by atoms with E-state index >= 15 is 0 Å². The van der Waals surface area contributed by atoms with Crippen LogP contribution in [0.2, 0.25) is 0 Å². The van der Waals surface area contributed by atoms with Crippen LogP contribution in [0.3, 0.4) is 0 Å². The van der Waals surface area contributed by atoms with Crippen molar-refractivity contribution >= 4 is 21.5 Å². The third-order valence-electron chi connectivity index (χ3n) is 6.35. The van der Waals surface area contributed by atoms with Crippen molar-refractivity contribution in [2.24, 2.45) is 0 Å². The number of rotatable bonds is 7. The van der Waals surface area contributed by atoms with Crippen LogP contribution in [0.25, 0.3) is 11.6 Å². The Morgan fingerprint density at radius 3 is 2.53 bits per heavy atom. The third-order valence-corrected chi connectivity index (χ3v) is 8.36. The van der Waals surface area contributed by atoms with Gasteiger partial charge in [-0.3, -0.25) is 0 Å². The fourth-order valence-corrected chi connectivity index (χ4v) is 6.75. The summed E-state index contributed by atoms with van der Waals surface area (Å²) < 4.78 is 36.4. The molecule has 0 radical (unpaired) electrons. The Kier molecular flexibility index (Phi) is 6.56. The molecule has 1 saturated heterocycles. The minimum atomic E-state index is -3.20. The van der Waals surface area contributed by atoms with E-state index in [9.17, 15) is 13.5 Å². The molecule has 0 aliphatic carbocycles. The summed E-state index contributed by atoms with van der Waals surface area (Å²) in [5.41, 5.74) is 6.76. The molecule has 32 heavy (non-hydrogen) atoms. The molecule has 0 bridgehead atoms. The van der Waals surface area contributed by atoms with E-state index in [0.717, 1.165) is 45.4 Å². The third kappa shape index (κ3) is 4.53. The second kappa shape index (κ2) is 9.22. The first kappa shape index (κ1) is 22.8. The molecule has 1 N–H and O–H groups in total. The first-order valence-electron chi connectivity index (χ1n) is 10.9. The lowest BCUT2D eigenvalue weighted by molar-refractivity contribution is 0.118. The Morgan fingerprint density at radius 2 is 1.88 bits per heavy atom. The van der Waals surface area contributed by atoms with Crippen LogP contribution in [0.15, 0.2) is 53.6 Å². The highest BCUT2D eigenvalue weighted by Gasteiger charge is 2.46. The maximum absolute atomic E-state index is 12.6. The van der Waals surface area contributed by atoms with E-state index in [4.69, 9.17) is 9.47 Å². The van der Waals surface area contributed by atoms with E-state index in [2.05, 4.69) is 18.2 Å². The second-order valence-corrected chi connectivity index (χ2v) is 10.9. The second-order valence-electron chi connectivity index (χ2n) is 8.69. The number of phenolic OH excluding ortho intramolecular Hbond substituents is 1. The van der Waals surface area contributed by atoms with Crippen molar-refractivity contribution in [2.45, 2.75) is 38.0 Å². The quantitative estimate of drug-likeness (QED) is 0.494. The average Bonchev–Trinajstić information content (AvgIpc) is 3.30. The van der Waals surface area contributed by atoms with Crippen molar-refractivity contribution in [3.63, 3.8) is 0 Å². The van der Waals surface area contributed by atoms with Crippen molar-refractivity contribution < 1.29 is 23.0 Å². The molecule has 2 aliphatic heterocycles. The number of phenols is 1. The average molecular weight is 455 g/mol. The van der Waals surface area contributed by atoms with E-state index < -0.39 is 15.1 Å². The monoisotopic (exact) mass is 454 g/mol. The molecule has 0 saturated carbocycles. The summed E-state index contributed by atoms with van der Waals surface area (Å²) in [6.07, 6.45) is 3.38. The van der Waals surface area contributed by atoms with Gasteiger partial charge in [0.1, 0.15) is 11.0 Å². The smallest absolute Gasteiger partial charge is 0.163 e. The number of benzene rings is 2. The molecule has 2 atom stereocenters. The lowest BCUT2D eigenvalue weighted by Gasteiger charge is -2.16. The fourth-order valence-electron chi connectivity index (χ4n) is 4.82. The summed E-state index contributed by atoms with van der Waals surface area (Å²) in [5.74, 6) is 0.405. The predicted molar refractivity (Wildman–Crippen MR) is 127 cm³/mol. The Balaban J connectivity index is 1.63. The minimum Gasteiger partial charge on any atom is -0.507 e. The molecule has 4 rings (SSSR count). The normalized spacial score (nSPS) is 22.4. The van der Waals surface area contributed by atoms with Crippen LogP contribution in [0, 0.1) is 13.8 Å². The van der Waals surface area contributed by atoms with E-state index in [1.165, 1.54) is 0 Å². The molecule has 2 aromatic carbocycles. The molecular weight excluding hydrogens is 424 g/mol. The standard InChI is InChI=1S/C26H30O5S/c1-17-11-19(12-18(2)26(17)27)13-21(20-7-5-4-6-8-20)9-10-23-25-22(14-30-3)16-32(28,29)24(25)15-31-23/h4-8,11-13,23-24,27H,9-10,14-16H2,1-3H3/b21-13-/t23-,24+/m1/s1. The zero-order valence-corrected chi connectivity index (χ0v) is 19.6. The lowest BCUT2D eigenvalue weighted by atomic mass is 9.93.